The molecule has 0 amide bonds. The summed E-state index contributed by atoms with van der Waals surface area (Å²) in [6.45, 7) is 6.50. The normalized spacial score (nSPS) is 17.3. The maximum atomic E-state index is 5.80. The van der Waals surface area contributed by atoms with Crippen LogP contribution in [0.3, 0.4) is 0 Å². The Bertz CT molecular complexity index is 650. The van der Waals surface area contributed by atoms with Crippen LogP contribution in [0.15, 0.2) is 39.7 Å². The Balaban J connectivity index is 0.00000243. The number of aliphatic imine (C=N–C) groups is 1. The SMILES string of the molecule is CCNC(=NCc1cc2ccccc2o1)NCCCOC1CCOC1.I. The molecule has 1 saturated heterocycles. The summed E-state index contributed by atoms with van der Waals surface area (Å²) in [5.74, 6) is 1.66. The fourth-order valence-corrected chi connectivity index (χ4v) is 2.79. The van der Waals surface area contributed by atoms with Gasteiger partial charge < -0.3 is 24.5 Å². The van der Waals surface area contributed by atoms with Crippen LogP contribution in [0, 0.1) is 0 Å². The highest BCUT2D eigenvalue weighted by Crippen LogP contribution is 2.19. The number of ether oxygens (including phenoxy) is 2. The number of para-hydroxylation sites is 1. The van der Waals surface area contributed by atoms with Gasteiger partial charge in [0, 0.05) is 31.7 Å². The van der Waals surface area contributed by atoms with E-state index in [0.29, 0.717) is 6.54 Å². The summed E-state index contributed by atoms with van der Waals surface area (Å²) < 4.78 is 16.9. The minimum atomic E-state index is 0. The van der Waals surface area contributed by atoms with E-state index in [-0.39, 0.29) is 30.1 Å². The number of hydrogen-bond acceptors (Lipinski definition) is 4. The van der Waals surface area contributed by atoms with E-state index < -0.39 is 0 Å². The second-order valence-electron chi connectivity index (χ2n) is 6.08. The molecular formula is C19H28IN3O3. The standard InChI is InChI=1S/C19H27N3O3.HI/c1-2-20-19(21-9-5-10-24-16-8-11-23-14-16)22-13-17-12-15-6-3-4-7-18(15)25-17;/h3-4,6-7,12,16H,2,5,8-11,13-14H2,1H3,(H2,20,21,22);1H. The van der Waals surface area contributed by atoms with Crippen LogP contribution in [0.1, 0.15) is 25.5 Å². The molecule has 0 saturated carbocycles. The van der Waals surface area contributed by atoms with Crippen LogP contribution in [0.2, 0.25) is 0 Å². The third-order valence-electron chi connectivity index (χ3n) is 4.07. The summed E-state index contributed by atoms with van der Waals surface area (Å²) in [6, 6.07) is 10.0. The van der Waals surface area contributed by atoms with Crippen molar-refractivity contribution in [1.29, 1.82) is 0 Å². The number of nitrogens with zero attached hydrogens (tertiary/aromatic N) is 1. The number of nitrogens with one attached hydrogen (secondary N) is 2. The van der Waals surface area contributed by atoms with E-state index in [4.69, 9.17) is 13.9 Å². The van der Waals surface area contributed by atoms with Crippen LogP contribution in [0.25, 0.3) is 11.0 Å². The van der Waals surface area contributed by atoms with E-state index in [9.17, 15) is 0 Å². The smallest absolute Gasteiger partial charge is 0.191 e. The molecule has 144 valence electrons. The van der Waals surface area contributed by atoms with Crippen molar-refractivity contribution in [2.45, 2.75) is 32.4 Å². The molecule has 1 unspecified atom stereocenters. The van der Waals surface area contributed by atoms with Gasteiger partial charge in [-0.15, -0.1) is 24.0 Å². The highest BCUT2D eigenvalue weighted by atomic mass is 127. The molecule has 1 aromatic carbocycles. The number of benzene rings is 1. The Labute approximate surface area is 171 Å². The minimum Gasteiger partial charge on any atom is -0.459 e. The van der Waals surface area contributed by atoms with Crippen LogP contribution < -0.4 is 10.6 Å². The highest BCUT2D eigenvalue weighted by Gasteiger charge is 2.15. The van der Waals surface area contributed by atoms with Gasteiger partial charge in [0.2, 0.25) is 0 Å². The van der Waals surface area contributed by atoms with Crippen molar-refractivity contribution in [1.82, 2.24) is 10.6 Å². The van der Waals surface area contributed by atoms with Crippen LogP contribution >= 0.6 is 24.0 Å². The molecule has 1 aromatic heterocycles. The first-order valence-corrected chi connectivity index (χ1v) is 9.04. The molecule has 2 N–H and O–H groups in total. The Hall–Kier alpha value is -1.32. The van der Waals surface area contributed by atoms with Gasteiger partial charge in [0.05, 0.1) is 12.7 Å². The van der Waals surface area contributed by atoms with Gasteiger partial charge in [0.25, 0.3) is 0 Å². The van der Waals surface area contributed by atoms with Gasteiger partial charge in [0.1, 0.15) is 17.9 Å². The van der Waals surface area contributed by atoms with E-state index in [1.165, 1.54) is 0 Å². The Morgan fingerprint density at radius 2 is 2.19 bits per heavy atom. The quantitative estimate of drug-likeness (QED) is 0.267. The van der Waals surface area contributed by atoms with Gasteiger partial charge in [0.15, 0.2) is 5.96 Å². The van der Waals surface area contributed by atoms with Crippen LogP contribution in [-0.2, 0) is 16.0 Å². The molecule has 1 fully saturated rings. The highest BCUT2D eigenvalue weighted by molar-refractivity contribution is 14.0. The number of halogens is 1. The molecule has 0 spiro atoms. The zero-order valence-electron chi connectivity index (χ0n) is 15.2. The van der Waals surface area contributed by atoms with Crippen molar-refractivity contribution in [2.75, 3.05) is 32.9 Å². The zero-order chi connectivity index (χ0) is 17.3. The van der Waals surface area contributed by atoms with Crippen molar-refractivity contribution >= 4 is 40.9 Å². The largest absolute Gasteiger partial charge is 0.459 e. The molecule has 0 radical (unpaired) electrons. The lowest BCUT2D eigenvalue weighted by Crippen LogP contribution is -2.38. The molecule has 1 atom stereocenters. The molecule has 2 heterocycles. The van der Waals surface area contributed by atoms with E-state index in [0.717, 1.165) is 68.4 Å². The van der Waals surface area contributed by atoms with Gasteiger partial charge in [-0.05, 0) is 31.9 Å². The Morgan fingerprint density at radius 1 is 1.31 bits per heavy atom. The van der Waals surface area contributed by atoms with Gasteiger partial charge >= 0.3 is 0 Å². The van der Waals surface area contributed by atoms with Gasteiger partial charge in [-0.1, -0.05) is 18.2 Å². The summed E-state index contributed by atoms with van der Waals surface area (Å²) in [4.78, 5) is 4.59. The molecular weight excluding hydrogens is 445 g/mol. The third kappa shape index (κ3) is 6.44. The van der Waals surface area contributed by atoms with Crippen LogP contribution in [0.5, 0.6) is 0 Å². The summed E-state index contributed by atoms with van der Waals surface area (Å²) in [6.07, 6.45) is 2.22. The van der Waals surface area contributed by atoms with Crippen molar-refractivity contribution in [3.8, 4) is 0 Å². The van der Waals surface area contributed by atoms with Crippen LogP contribution in [-0.4, -0.2) is 45.0 Å². The lowest BCUT2D eigenvalue weighted by atomic mass is 10.2. The Kier molecular flexibility index (Phi) is 9.21. The topological polar surface area (TPSA) is 68.0 Å². The maximum absolute atomic E-state index is 5.80. The number of hydrogen-bond donors (Lipinski definition) is 2. The van der Waals surface area contributed by atoms with E-state index >= 15 is 0 Å². The van der Waals surface area contributed by atoms with E-state index in [2.05, 4.69) is 22.5 Å². The third-order valence-corrected chi connectivity index (χ3v) is 4.07. The number of rotatable bonds is 8. The number of guanidine groups is 1. The van der Waals surface area contributed by atoms with Crippen LogP contribution in [0.4, 0.5) is 0 Å². The fraction of sp³-hybridized carbons (Fsp3) is 0.526. The Morgan fingerprint density at radius 3 is 2.96 bits per heavy atom. The molecule has 6 nitrogen and oxygen atoms in total. The zero-order valence-corrected chi connectivity index (χ0v) is 17.5. The van der Waals surface area contributed by atoms with Crippen molar-refractivity contribution in [3.63, 3.8) is 0 Å². The minimum absolute atomic E-state index is 0. The maximum Gasteiger partial charge on any atom is 0.191 e. The summed E-state index contributed by atoms with van der Waals surface area (Å²) >= 11 is 0. The lowest BCUT2D eigenvalue weighted by molar-refractivity contribution is 0.0420. The average Bonchev–Trinajstić information content (AvgIpc) is 3.28. The predicted octanol–water partition coefficient (Wildman–Crippen LogP) is 3.30. The molecule has 1 aliphatic heterocycles. The van der Waals surface area contributed by atoms with E-state index in [1.54, 1.807) is 0 Å². The molecule has 7 heteroatoms. The lowest BCUT2D eigenvalue weighted by Gasteiger charge is -2.12. The fourth-order valence-electron chi connectivity index (χ4n) is 2.79. The van der Waals surface area contributed by atoms with Gasteiger partial charge in [-0.2, -0.15) is 0 Å². The second-order valence-corrected chi connectivity index (χ2v) is 6.08. The molecule has 2 aromatic rings. The molecule has 26 heavy (non-hydrogen) atoms. The molecule has 0 bridgehead atoms. The second kappa shape index (κ2) is 11.4. The van der Waals surface area contributed by atoms with Gasteiger partial charge in [-0.3, -0.25) is 0 Å². The summed E-state index contributed by atoms with van der Waals surface area (Å²) in [5.41, 5.74) is 0.902. The first-order chi connectivity index (χ1) is 12.3. The summed E-state index contributed by atoms with van der Waals surface area (Å²) in [5, 5.41) is 7.70. The van der Waals surface area contributed by atoms with Gasteiger partial charge in [-0.25, -0.2) is 4.99 Å². The van der Waals surface area contributed by atoms with E-state index in [1.807, 2.05) is 30.3 Å². The number of furan rings is 1. The van der Waals surface area contributed by atoms with Crippen molar-refractivity contribution in [3.05, 3.63) is 36.1 Å². The van der Waals surface area contributed by atoms with Crippen molar-refractivity contribution < 1.29 is 13.9 Å². The monoisotopic (exact) mass is 473 g/mol. The molecule has 1 aliphatic rings. The first kappa shape index (κ1) is 21.0. The first-order valence-electron chi connectivity index (χ1n) is 9.04. The molecule has 0 aliphatic carbocycles. The number of fused-ring (bicyclic) bond motifs is 1. The summed E-state index contributed by atoms with van der Waals surface area (Å²) in [7, 11) is 0. The average molecular weight is 473 g/mol. The van der Waals surface area contributed by atoms with Crippen molar-refractivity contribution in [2.24, 2.45) is 4.99 Å². The molecule has 3 rings (SSSR count). The predicted molar refractivity (Wildman–Crippen MR) is 114 cm³/mol.